The van der Waals surface area contributed by atoms with Gasteiger partial charge in [0.2, 0.25) is 0 Å². The maximum atomic E-state index is 6.30. The van der Waals surface area contributed by atoms with Gasteiger partial charge < -0.3 is 10.2 Å². The van der Waals surface area contributed by atoms with Gasteiger partial charge in [-0.2, -0.15) is 0 Å². The van der Waals surface area contributed by atoms with Crippen molar-refractivity contribution in [3.05, 3.63) is 23.7 Å². The number of nitrogens with two attached hydrogens (primary N) is 1. The molecule has 0 unspecified atom stereocenters. The van der Waals surface area contributed by atoms with Crippen LogP contribution in [0.2, 0.25) is 0 Å². The van der Waals surface area contributed by atoms with E-state index >= 15 is 0 Å². The molecule has 1 aliphatic rings. The molecule has 72 valence electrons. The van der Waals surface area contributed by atoms with E-state index in [1.807, 2.05) is 19.1 Å². The zero-order valence-corrected chi connectivity index (χ0v) is 8.18. The molecule has 0 saturated heterocycles. The van der Waals surface area contributed by atoms with Crippen LogP contribution in [0.4, 0.5) is 0 Å². The fraction of sp³-hybridized carbons (Fsp3) is 0.636. The molecule has 0 radical (unpaired) electrons. The number of hydrogen-bond acceptors (Lipinski definition) is 2. The van der Waals surface area contributed by atoms with E-state index in [0.717, 1.165) is 24.4 Å². The molecular weight excluding hydrogens is 162 g/mol. The Morgan fingerprint density at radius 1 is 1.23 bits per heavy atom. The van der Waals surface area contributed by atoms with Crippen LogP contribution in [-0.4, -0.2) is 0 Å². The molecule has 1 heterocycles. The van der Waals surface area contributed by atoms with Gasteiger partial charge in [-0.25, -0.2) is 0 Å². The number of hydrogen-bond donors (Lipinski definition) is 1. The summed E-state index contributed by atoms with van der Waals surface area (Å²) in [6, 6.07) is 4.03. The van der Waals surface area contributed by atoms with Gasteiger partial charge in [-0.05, 0) is 31.9 Å². The molecular formula is C11H17NO. The molecule has 2 rings (SSSR count). The summed E-state index contributed by atoms with van der Waals surface area (Å²) >= 11 is 0. The fourth-order valence-corrected chi connectivity index (χ4v) is 2.13. The van der Waals surface area contributed by atoms with E-state index in [-0.39, 0.29) is 5.54 Å². The van der Waals surface area contributed by atoms with Crippen molar-refractivity contribution in [1.29, 1.82) is 0 Å². The van der Waals surface area contributed by atoms with Crippen molar-refractivity contribution in [2.75, 3.05) is 0 Å². The molecule has 1 aromatic heterocycles. The number of furan rings is 1. The standard InChI is InChI=1S/C11H17NO/c1-9-5-6-10(13-9)11(12)7-3-2-4-8-11/h5-6H,2-4,7-8,12H2,1H3. The van der Waals surface area contributed by atoms with E-state index in [1.165, 1.54) is 19.3 Å². The second kappa shape index (κ2) is 3.18. The zero-order valence-electron chi connectivity index (χ0n) is 8.18. The van der Waals surface area contributed by atoms with Crippen molar-refractivity contribution < 1.29 is 4.42 Å². The highest BCUT2D eigenvalue weighted by atomic mass is 16.3. The molecule has 1 aromatic rings. The topological polar surface area (TPSA) is 39.2 Å². The van der Waals surface area contributed by atoms with Crippen LogP contribution in [0.25, 0.3) is 0 Å². The largest absolute Gasteiger partial charge is 0.464 e. The smallest absolute Gasteiger partial charge is 0.123 e. The summed E-state index contributed by atoms with van der Waals surface area (Å²) in [4.78, 5) is 0. The van der Waals surface area contributed by atoms with E-state index in [9.17, 15) is 0 Å². The van der Waals surface area contributed by atoms with Gasteiger partial charge in [0.25, 0.3) is 0 Å². The minimum Gasteiger partial charge on any atom is -0.464 e. The van der Waals surface area contributed by atoms with Crippen LogP contribution in [0.15, 0.2) is 16.5 Å². The molecule has 1 fully saturated rings. The minimum atomic E-state index is -0.174. The Labute approximate surface area is 79.1 Å². The van der Waals surface area contributed by atoms with Crippen LogP contribution < -0.4 is 5.73 Å². The Morgan fingerprint density at radius 3 is 2.46 bits per heavy atom. The quantitative estimate of drug-likeness (QED) is 0.720. The zero-order chi connectivity index (χ0) is 9.31. The van der Waals surface area contributed by atoms with E-state index in [0.29, 0.717) is 0 Å². The maximum Gasteiger partial charge on any atom is 0.123 e. The normalized spacial score (nSPS) is 21.7. The average molecular weight is 179 g/mol. The van der Waals surface area contributed by atoms with Crippen molar-refractivity contribution in [3.63, 3.8) is 0 Å². The second-order valence-corrected chi connectivity index (χ2v) is 4.13. The average Bonchev–Trinajstić information content (AvgIpc) is 2.54. The van der Waals surface area contributed by atoms with Crippen LogP contribution >= 0.6 is 0 Å². The van der Waals surface area contributed by atoms with Gasteiger partial charge in [0.1, 0.15) is 11.5 Å². The van der Waals surface area contributed by atoms with E-state index in [2.05, 4.69) is 0 Å². The molecule has 0 aromatic carbocycles. The van der Waals surface area contributed by atoms with Crippen molar-refractivity contribution in [2.24, 2.45) is 5.73 Å². The maximum absolute atomic E-state index is 6.30. The van der Waals surface area contributed by atoms with Crippen LogP contribution in [0.5, 0.6) is 0 Å². The molecule has 2 N–H and O–H groups in total. The van der Waals surface area contributed by atoms with Crippen molar-refractivity contribution >= 4 is 0 Å². The van der Waals surface area contributed by atoms with Crippen LogP contribution in [0.3, 0.4) is 0 Å². The lowest BCUT2D eigenvalue weighted by molar-refractivity contribution is 0.249. The van der Waals surface area contributed by atoms with Gasteiger partial charge in [0, 0.05) is 0 Å². The molecule has 0 spiro atoms. The van der Waals surface area contributed by atoms with Crippen molar-refractivity contribution in [1.82, 2.24) is 0 Å². The van der Waals surface area contributed by atoms with Gasteiger partial charge in [0.05, 0.1) is 5.54 Å². The highest BCUT2D eigenvalue weighted by Crippen LogP contribution is 2.35. The molecule has 1 aliphatic carbocycles. The highest BCUT2D eigenvalue weighted by Gasteiger charge is 2.32. The number of rotatable bonds is 1. The Balaban J connectivity index is 2.22. The van der Waals surface area contributed by atoms with E-state index in [1.54, 1.807) is 0 Å². The number of aryl methyl sites for hydroxylation is 1. The lowest BCUT2D eigenvalue weighted by atomic mass is 9.81. The van der Waals surface area contributed by atoms with E-state index in [4.69, 9.17) is 10.2 Å². The lowest BCUT2D eigenvalue weighted by Crippen LogP contribution is -2.38. The van der Waals surface area contributed by atoms with Gasteiger partial charge in [-0.1, -0.05) is 19.3 Å². The third-order valence-electron chi connectivity index (χ3n) is 2.98. The summed E-state index contributed by atoms with van der Waals surface area (Å²) in [5, 5.41) is 0. The first-order valence-electron chi connectivity index (χ1n) is 5.06. The molecule has 0 bridgehead atoms. The van der Waals surface area contributed by atoms with Gasteiger partial charge in [-0.3, -0.25) is 0 Å². The predicted molar refractivity (Wildman–Crippen MR) is 52.4 cm³/mol. The first-order valence-corrected chi connectivity index (χ1v) is 5.06. The second-order valence-electron chi connectivity index (χ2n) is 4.13. The van der Waals surface area contributed by atoms with Crippen LogP contribution in [0, 0.1) is 6.92 Å². The van der Waals surface area contributed by atoms with Crippen LogP contribution in [-0.2, 0) is 5.54 Å². The van der Waals surface area contributed by atoms with Crippen LogP contribution in [0.1, 0.15) is 43.6 Å². The first kappa shape index (κ1) is 8.82. The first-order chi connectivity index (χ1) is 6.21. The Bertz CT molecular complexity index is 284. The summed E-state index contributed by atoms with van der Waals surface area (Å²) in [6.45, 7) is 1.97. The third-order valence-corrected chi connectivity index (χ3v) is 2.98. The monoisotopic (exact) mass is 179 g/mol. The van der Waals surface area contributed by atoms with Crippen molar-refractivity contribution in [2.45, 2.75) is 44.6 Å². The van der Waals surface area contributed by atoms with Gasteiger partial charge in [0.15, 0.2) is 0 Å². The summed E-state index contributed by atoms with van der Waals surface area (Å²) in [7, 11) is 0. The Hall–Kier alpha value is -0.760. The molecule has 13 heavy (non-hydrogen) atoms. The van der Waals surface area contributed by atoms with E-state index < -0.39 is 0 Å². The Kier molecular flexibility index (Phi) is 2.16. The highest BCUT2D eigenvalue weighted by molar-refractivity contribution is 5.15. The molecule has 1 saturated carbocycles. The SMILES string of the molecule is Cc1ccc(C2(N)CCCCC2)o1. The minimum absolute atomic E-state index is 0.174. The molecule has 0 atom stereocenters. The van der Waals surface area contributed by atoms with Crippen molar-refractivity contribution in [3.8, 4) is 0 Å². The third kappa shape index (κ3) is 1.63. The summed E-state index contributed by atoms with van der Waals surface area (Å²) in [5.41, 5.74) is 6.13. The fourth-order valence-electron chi connectivity index (χ4n) is 2.13. The molecule has 0 amide bonds. The van der Waals surface area contributed by atoms with Gasteiger partial charge in [-0.15, -0.1) is 0 Å². The Morgan fingerprint density at radius 2 is 1.92 bits per heavy atom. The molecule has 0 aliphatic heterocycles. The van der Waals surface area contributed by atoms with Gasteiger partial charge >= 0.3 is 0 Å². The summed E-state index contributed by atoms with van der Waals surface area (Å²) in [6.07, 6.45) is 5.92. The molecule has 2 nitrogen and oxygen atoms in total. The lowest BCUT2D eigenvalue weighted by Gasteiger charge is -2.31. The summed E-state index contributed by atoms with van der Waals surface area (Å²) in [5.74, 6) is 1.94. The predicted octanol–water partition coefficient (Wildman–Crippen LogP) is 2.71. The molecule has 2 heteroatoms. The summed E-state index contributed by atoms with van der Waals surface area (Å²) < 4.78 is 5.60.